The van der Waals surface area contributed by atoms with Crippen molar-refractivity contribution in [2.24, 2.45) is 7.05 Å². The molecule has 5 heterocycles. The number of ether oxygens (including phenoxy) is 1. The third kappa shape index (κ3) is 5.42. The summed E-state index contributed by atoms with van der Waals surface area (Å²) in [7, 11) is 3.28. The van der Waals surface area contributed by atoms with Crippen molar-refractivity contribution in [2.45, 2.75) is 50.6 Å². The Kier molecular flexibility index (Phi) is 7.85. The van der Waals surface area contributed by atoms with Gasteiger partial charge in [-0.05, 0) is 56.4 Å². The molecule has 2 aromatic carbocycles. The molecular weight excluding hydrogens is 661 g/mol. The Morgan fingerprint density at radius 3 is 2.55 bits per heavy atom. The van der Waals surface area contributed by atoms with Crippen LogP contribution in [0, 0.1) is 6.92 Å². The second-order valence-corrected chi connectivity index (χ2v) is 14.1. The molecule has 2 N–H and O–H groups in total. The Morgan fingerprint density at radius 1 is 1.00 bits per heavy atom. The first-order chi connectivity index (χ1) is 23.6. The molecule has 2 atom stereocenters. The highest BCUT2D eigenvalue weighted by molar-refractivity contribution is 6.39. The van der Waals surface area contributed by atoms with Crippen molar-refractivity contribution in [1.82, 2.24) is 30.0 Å². The number of amides is 1. The molecule has 0 bridgehead atoms. The summed E-state index contributed by atoms with van der Waals surface area (Å²) in [4.78, 5) is 37.2. The number of carbonyl (C=O) groups is 1. The lowest BCUT2D eigenvalue weighted by Gasteiger charge is -2.28. The molecule has 2 unspecified atom stereocenters. The lowest BCUT2D eigenvalue weighted by atomic mass is 9.97. The number of hydrogen-bond donors (Lipinski definition) is 2. The van der Waals surface area contributed by atoms with Crippen molar-refractivity contribution in [3.8, 4) is 28.3 Å². The van der Waals surface area contributed by atoms with Crippen LogP contribution >= 0.6 is 23.2 Å². The second kappa shape index (κ2) is 12.1. The fourth-order valence-corrected chi connectivity index (χ4v) is 8.47. The summed E-state index contributed by atoms with van der Waals surface area (Å²) in [6.07, 6.45) is 5.99. The van der Waals surface area contributed by atoms with Crippen LogP contribution in [0.25, 0.3) is 33.2 Å². The van der Waals surface area contributed by atoms with Crippen LogP contribution in [0.5, 0.6) is 5.88 Å². The van der Waals surface area contributed by atoms with Crippen LogP contribution in [0.2, 0.25) is 10.0 Å². The third-order valence-corrected chi connectivity index (χ3v) is 11.1. The number of nitrogens with one attached hydrogen (secondary N) is 2. The van der Waals surface area contributed by atoms with Crippen LogP contribution in [0.1, 0.15) is 48.5 Å². The summed E-state index contributed by atoms with van der Waals surface area (Å²) < 4.78 is 7.22. The Labute approximate surface area is 293 Å². The molecular formula is C37H35Cl2N7O3. The molecule has 3 aliphatic rings. The van der Waals surface area contributed by atoms with E-state index in [2.05, 4.69) is 31.7 Å². The molecule has 10 nitrogen and oxygen atoms in total. The zero-order valence-electron chi connectivity index (χ0n) is 27.4. The molecule has 1 aliphatic carbocycles. The van der Waals surface area contributed by atoms with Crippen molar-refractivity contribution in [1.29, 1.82) is 0 Å². The molecule has 250 valence electrons. The Hall–Kier alpha value is -4.51. The van der Waals surface area contributed by atoms with Gasteiger partial charge in [0.05, 0.1) is 45.7 Å². The number of aryl methyl sites for hydroxylation is 3. The first-order valence-corrected chi connectivity index (χ1v) is 17.2. The van der Waals surface area contributed by atoms with Gasteiger partial charge in [0, 0.05) is 65.9 Å². The van der Waals surface area contributed by atoms with Gasteiger partial charge >= 0.3 is 0 Å². The number of pyridine rings is 2. The smallest absolute Gasteiger partial charge is 0.278 e. The average Bonchev–Trinajstić information content (AvgIpc) is 3.81. The summed E-state index contributed by atoms with van der Waals surface area (Å²) in [5.74, 6) is 1.17. The fourth-order valence-electron chi connectivity index (χ4n) is 7.87. The van der Waals surface area contributed by atoms with Gasteiger partial charge in [0.15, 0.2) is 0 Å². The van der Waals surface area contributed by atoms with Crippen molar-refractivity contribution in [3.63, 3.8) is 0 Å². The monoisotopic (exact) mass is 695 g/mol. The van der Waals surface area contributed by atoms with Crippen LogP contribution in [-0.4, -0.2) is 56.3 Å². The molecule has 2 saturated heterocycles. The van der Waals surface area contributed by atoms with Gasteiger partial charge in [-0.2, -0.15) is 5.10 Å². The highest BCUT2D eigenvalue weighted by Gasteiger charge is 2.46. The fraction of sp³-hybridized carbons (Fsp3) is 0.324. The molecule has 0 radical (unpaired) electrons. The van der Waals surface area contributed by atoms with Gasteiger partial charge in [-0.15, -0.1) is 0 Å². The summed E-state index contributed by atoms with van der Waals surface area (Å²) in [6.45, 7) is 3.65. The molecule has 12 heteroatoms. The number of carbonyl (C=O) groups excluding carboxylic acids is 1. The van der Waals surface area contributed by atoms with Gasteiger partial charge in [0.1, 0.15) is 5.82 Å². The minimum Gasteiger partial charge on any atom is -0.481 e. The maximum atomic E-state index is 13.0. The van der Waals surface area contributed by atoms with E-state index < -0.39 is 0 Å². The number of hydrogen-bond acceptors (Lipinski definition) is 8. The maximum Gasteiger partial charge on any atom is 0.278 e. The Balaban J connectivity index is 1.13. The van der Waals surface area contributed by atoms with Gasteiger partial charge in [-0.3, -0.25) is 14.5 Å². The van der Waals surface area contributed by atoms with E-state index in [4.69, 9.17) is 32.9 Å². The molecule has 5 aromatic rings. The molecule has 2 fully saturated rings. The summed E-state index contributed by atoms with van der Waals surface area (Å²) in [6, 6.07) is 15.7. The van der Waals surface area contributed by atoms with E-state index in [1.807, 2.05) is 49.4 Å². The van der Waals surface area contributed by atoms with Gasteiger partial charge in [-0.1, -0.05) is 53.5 Å². The number of methoxy groups -OCH3 is 1. The molecule has 1 spiro atoms. The number of rotatable bonds is 6. The number of fused-ring (bicyclic) bond motifs is 2. The van der Waals surface area contributed by atoms with Crippen molar-refractivity contribution < 1.29 is 9.53 Å². The quantitative estimate of drug-likeness (QED) is 0.200. The summed E-state index contributed by atoms with van der Waals surface area (Å²) in [5, 5.41) is 12.8. The topological polar surface area (TPSA) is 114 Å². The van der Waals surface area contributed by atoms with Crippen LogP contribution in [-0.2, 0) is 18.3 Å². The standard InChI is InChI=1S/C37H35Cl2N7O3/c1-20-16-22-18-40-45(2)36(48)31(22)34(41-20)42-26-9-5-7-24(33(26)39)23-6-4-8-25(32(23)38)27-17-21-10-11-28(30(21)35(43-27)49-3)46-15-14-37(19-46)13-12-29(47)44-37/h4-9,16-18,28H,10-15,19H2,1-3H3,(H,41,42)(H,44,47). The predicted octanol–water partition coefficient (Wildman–Crippen LogP) is 6.77. The molecule has 8 rings (SSSR count). The Morgan fingerprint density at radius 2 is 1.78 bits per heavy atom. The SMILES string of the molecule is COc1nc(-c2cccc(-c3cccc(Nc4nc(C)cc5cnn(C)c(=O)c45)c3Cl)c2Cl)cc2c1C(N1CCC3(CCC(=O)N3)C1)CC2. The van der Waals surface area contributed by atoms with Crippen LogP contribution in [0.3, 0.4) is 0 Å². The molecule has 49 heavy (non-hydrogen) atoms. The first kappa shape index (κ1) is 31.7. The van der Waals surface area contributed by atoms with E-state index in [1.54, 1.807) is 20.4 Å². The van der Waals surface area contributed by atoms with Gasteiger partial charge in [0.25, 0.3) is 5.56 Å². The van der Waals surface area contributed by atoms with E-state index in [1.165, 1.54) is 10.2 Å². The van der Waals surface area contributed by atoms with E-state index in [0.29, 0.717) is 44.6 Å². The van der Waals surface area contributed by atoms with Crippen molar-refractivity contribution in [3.05, 3.63) is 91.9 Å². The van der Waals surface area contributed by atoms with Crippen LogP contribution in [0.15, 0.2) is 59.5 Å². The lowest BCUT2D eigenvalue weighted by Crippen LogP contribution is -2.44. The van der Waals surface area contributed by atoms with Crippen LogP contribution < -0.4 is 20.9 Å². The number of benzene rings is 2. The number of aromatic nitrogens is 4. The lowest BCUT2D eigenvalue weighted by molar-refractivity contribution is -0.119. The van der Waals surface area contributed by atoms with E-state index in [-0.39, 0.29) is 23.0 Å². The van der Waals surface area contributed by atoms with E-state index in [0.717, 1.165) is 72.4 Å². The van der Waals surface area contributed by atoms with Gasteiger partial charge < -0.3 is 15.4 Å². The summed E-state index contributed by atoms with van der Waals surface area (Å²) in [5.41, 5.74) is 6.26. The Bertz CT molecular complexity index is 2240. The predicted molar refractivity (Wildman–Crippen MR) is 192 cm³/mol. The normalized spacial score (nSPS) is 20.3. The summed E-state index contributed by atoms with van der Waals surface area (Å²) >= 11 is 14.3. The number of halogens is 2. The zero-order valence-corrected chi connectivity index (χ0v) is 29.0. The molecule has 3 aromatic heterocycles. The van der Waals surface area contributed by atoms with E-state index >= 15 is 0 Å². The largest absolute Gasteiger partial charge is 0.481 e. The van der Waals surface area contributed by atoms with Crippen LogP contribution in [0.4, 0.5) is 11.5 Å². The maximum absolute atomic E-state index is 13.0. The third-order valence-electron chi connectivity index (χ3n) is 10.3. The number of anilines is 2. The molecule has 2 aliphatic heterocycles. The number of likely N-dealkylation sites (tertiary alicyclic amines) is 1. The molecule has 0 saturated carbocycles. The zero-order chi connectivity index (χ0) is 34.0. The highest BCUT2D eigenvalue weighted by Crippen LogP contribution is 2.47. The average molecular weight is 697 g/mol. The van der Waals surface area contributed by atoms with E-state index in [9.17, 15) is 9.59 Å². The number of nitrogens with zero attached hydrogens (tertiary/aromatic N) is 5. The minimum atomic E-state index is -0.259. The molecule has 1 amide bonds. The first-order valence-electron chi connectivity index (χ1n) is 16.5. The van der Waals surface area contributed by atoms with Gasteiger partial charge in [0.2, 0.25) is 11.8 Å². The minimum absolute atomic E-state index is 0.110. The van der Waals surface area contributed by atoms with Crippen molar-refractivity contribution >= 4 is 51.4 Å². The van der Waals surface area contributed by atoms with Crippen molar-refractivity contribution in [2.75, 3.05) is 25.5 Å². The second-order valence-electron chi connectivity index (χ2n) is 13.3. The van der Waals surface area contributed by atoms with Gasteiger partial charge in [-0.25, -0.2) is 14.6 Å². The highest BCUT2D eigenvalue weighted by atomic mass is 35.5.